The number of fused-ring (bicyclic) bond motifs is 1. The highest BCUT2D eigenvalue weighted by Crippen LogP contribution is 2.36. The second-order valence-corrected chi connectivity index (χ2v) is 6.85. The summed E-state index contributed by atoms with van der Waals surface area (Å²) in [5.41, 5.74) is 2.08. The van der Waals surface area contributed by atoms with Crippen molar-refractivity contribution in [2.45, 2.75) is 6.92 Å². The Hall–Kier alpha value is -2.51. The van der Waals surface area contributed by atoms with E-state index in [1.807, 2.05) is 0 Å². The number of hydrogen-bond acceptors (Lipinski definition) is 3. The number of rotatable bonds is 5. The van der Waals surface area contributed by atoms with Crippen LogP contribution < -0.4 is 4.74 Å². The van der Waals surface area contributed by atoms with Crippen molar-refractivity contribution in [3.63, 3.8) is 0 Å². The zero-order valence-electron chi connectivity index (χ0n) is 13.5. The van der Waals surface area contributed by atoms with Gasteiger partial charge in [0.15, 0.2) is 6.61 Å². The summed E-state index contributed by atoms with van der Waals surface area (Å²) >= 11 is 9.30. The van der Waals surface area contributed by atoms with Crippen molar-refractivity contribution in [2.24, 2.45) is 0 Å². The molecule has 0 aliphatic carbocycles. The van der Waals surface area contributed by atoms with Crippen molar-refractivity contribution in [3.05, 3.63) is 57.2 Å². The Labute approximate surface area is 161 Å². The van der Waals surface area contributed by atoms with E-state index in [9.17, 15) is 14.7 Å². The second kappa shape index (κ2) is 7.01. The molecule has 8 heteroatoms. The summed E-state index contributed by atoms with van der Waals surface area (Å²) < 4.78 is 7.58. The lowest BCUT2D eigenvalue weighted by Crippen LogP contribution is -2.09. The molecule has 6 nitrogen and oxygen atoms in total. The number of halogens is 2. The molecule has 0 amide bonds. The van der Waals surface area contributed by atoms with Crippen LogP contribution in [-0.4, -0.2) is 33.3 Å². The Balaban J connectivity index is 2.27. The Morgan fingerprint density at radius 2 is 1.85 bits per heavy atom. The third-order valence-corrected chi connectivity index (χ3v) is 4.78. The molecule has 2 N–H and O–H groups in total. The van der Waals surface area contributed by atoms with Crippen LogP contribution in [-0.2, 0) is 4.79 Å². The van der Waals surface area contributed by atoms with Gasteiger partial charge in [0.25, 0.3) is 0 Å². The molecule has 0 aliphatic heterocycles. The molecule has 0 saturated heterocycles. The third kappa shape index (κ3) is 3.27. The summed E-state index contributed by atoms with van der Waals surface area (Å²) in [4.78, 5) is 22.6. The molecule has 0 radical (unpaired) electrons. The lowest BCUT2D eigenvalue weighted by atomic mass is 10.1. The van der Waals surface area contributed by atoms with Crippen LogP contribution >= 0.6 is 27.5 Å². The molecule has 0 atom stereocenters. The largest absolute Gasteiger partial charge is 0.481 e. The van der Waals surface area contributed by atoms with Gasteiger partial charge in [0, 0.05) is 21.8 Å². The average molecular weight is 439 g/mol. The molecule has 0 aliphatic rings. The van der Waals surface area contributed by atoms with Crippen molar-refractivity contribution >= 4 is 50.4 Å². The van der Waals surface area contributed by atoms with E-state index in [2.05, 4.69) is 15.9 Å². The second-order valence-electron chi connectivity index (χ2n) is 5.56. The molecule has 3 rings (SSSR count). The number of benzene rings is 2. The van der Waals surface area contributed by atoms with Crippen LogP contribution in [0.4, 0.5) is 0 Å². The van der Waals surface area contributed by atoms with Crippen molar-refractivity contribution in [1.29, 1.82) is 0 Å². The highest BCUT2D eigenvalue weighted by molar-refractivity contribution is 9.10. The first-order valence-corrected chi connectivity index (χ1v) is 8.65. The molecule has 2 aromatic carbocycles. The summed E-state index contributed by atoms with van der Waals surface area (Å²) in [6.45, 7) is 1.19. The fraction of sp³-hybridized carbons (Fsp3) is 0.111. The van der Waals surface area contributed by atoms with Gasteiger partial charge in [-0.25, -0.2) is 9.59 Å². The van der Waals surface area contributed by atoms with Gasteiger partial charge in [0.05, 0.1) is 15.6 Å². The van der Waals surface area contributed by atoms with Crippen LogP contribution in [0.3, 0.4) is 0 Å². The number of carbonyl (C=O) groups is 2. The van der Waals surface area contributed by atoms with Crippen molar-refractivity contribution in [2.75, 3.05) is 6.61 Å². The van der Waals surface area contributed by atoms with Crippen molar-refractivity contribution < 1.29 is 24.5 Å². The Morgan fingerprint density at radius 1 is 1.19 bits per heavy atom. The molecule has 0 fully saturated rings. The number of nitrogens with zero attached hydrogens (tertiary/aromatic N) is 1. The lowest BCUT2D eigenvalue weighted by Gasteiger charge is -2.10. The van der Waals surface area contributed by atoms with Crippen molar-refractivity contribution in [1.82, 2.24) is 4.57 Å². The van der Waals surface area contributed by atoms with Crippen molar-refractivity contribution in [3.8, 4) is 11.4 Å². The number of carboxylic acids is 2. The summed E-state index contributed by atoms with van der Waals surface area (Å²) in [5.74, 6) is -1.94. The summed E-state index contributed by atoms with van der Waals surface area (Å²) in [6.07, 6.45) is 0. The Bertz CT molecular complexity index is 1030. The molecule has 0 saturated carbocycles. The highest BCUT2D eigenvalue weighted by atomic mass is 79.9. The Kier molecular flexibility index (Phi) is 4.93. The van der Waals surface area contributed by atoms with E-state index in [1.165, 1.54) is 6.07 Å². The number of carboxylic acid groups (broad SMARTS) is 2. The molecule has 134 valence electrons. The van der Waals surface area contributed by atoms with E-state index < -0.39 is 18.5 Å². The summed E-state index contributed by atoms with van der Waals surface area (Å²) in [6, 6.07) is 10.3. The van der Waals surface area contributed by atoms with Gasteiger partial charge in [-0.2, -0.15) is 0 Å². The van der Waals surface area contributed by atoms with E-state index >= 15 is 0 Å². The van der Waals surface area contributed by atoms with Gasteiger partial charge < -0.3 is 19.5 Å². The highest BCUT2D eigenvalue weighted by Gasteiger charge is 2.22. The molecular weight excluding hydrogens is 426 g/mol. The molecule has 1 aromatic heterocycles. The molecule has 26 heavy (non-hydrogen) atoms. The first kappa shape index (κ1) is 18.3. The lowest BCUT2D eigenvalue weighted by molar-refractivity contribution is -0.139. The minimum atomic E-state index is -1.12. The molecular formula is C18H13BrClNO5. The maximum atomic E-state index is 11.8. The maximum absolute atomic E-state index is 11.8. The quantitative estimate of drug-likeness (QED) is 0.611. The molecule has 0 spiro atoms. The average Bonchev–Trinajstić information content (AvgIpc) is 2.84. The van der Waals surface area contributed by atoms with Crippen LogP contribution in [0.5, 0.6) is 5.75 Å². The maximum Gasteiger partial charge on any atom is 0.341 e. The SMILES string of the molecule is Cc1c(C(=O)O)c2cc(OCC(=O)O)c(Br)cc2n1-c1ccc(Cl)cc1. The topological polar surface area (TPSA) is 88.8 Å². The predicted octanol–water partition coefficient (Wildman–Crippen LogP) is 4.52. The Morgan fingerprint density at radius 3 is 2.42 bits per heavy atom. The minimum absolute atomic E-state index is 0.127. The number of aromatic carboxylic acids is 1. The van der Waals surface area contributed by atoms with Gasteiger partial charge in [-0.15, -0.1) is 0 Å². The zero-order chi connectivity index (χ0) is 19.0. The predicted molar refractivity (Wildman–Crippen MR) is 101 cm³/mol. The van der Waals surface area contributed by atoms with Gasteiger partial charge in [-0.05, 0) is 59.3 Å². The first-order chi connectivity index (χ1) is 12.3. The summed E-state index contributed by atoms with van der Waals surface area (Å²) in [5, 5.41) is 19.5. The van der Waals surface area contributed by atoms with Crippen LogP contribution in [0.25, 0.3) is 16.6 Å². The van der Waals surface area contributed by atoms with Crippen LogP contribution in [0.15, 0.2) is 40.9 Å². The molecule has 0 bridgehead atoms. The molecule has 1 heterocycles. The van der Waals surface area contributed by atoms with Crippen LogP contribution in [0.2, 0.25) is 5.02 Å². The van der Waals surface area contributed by atoms with Gasteiger partial charge in [0.2, 0.25) is 0 Å². The smallest absolute Gasteiger partial charge is 0.341 e. The van der Waals surface area contributed by atoms with E-state index in [4.69, 9.17) is 21.4 Å². The monoisotopic (exact) mass is 437 g/mol. The van der Waals surface area contributed by atoms with E-state index in [0.717, 1.165) is 5.69 Å². The number of ether oxygens (including phenoxy) is 1. The standard InChI is InChI=1S/C18H13BrClNO5/c1-9-17(18(24)25)12-6-15(26-8-16(22)23)13(19)7-14(12)21(9)11-4-2-10(20)3-5-11/h2-7H,8H2,1H3,(H,22,23)(H,24,25). The molecule has 3 aromatic rings. The van der Waals surface area contributed by atoms with Crippen LogP contribution in [0, 0.1) is 6.92 Å². The van der Waals surface area contributed by atoms with Gasteiger partial charge >= 0.3 is 11.9 Å². The van der Waals surface area contributed by atoms with Crippen LogP contribution in [0.1, 0.15) is 16.1 Å². The van der Waals surface area contributed by atoms with E-state index in [1.54, 1.807) is 41.8 Å². The first-order valence-electron chi connectivity index (χ1n) is 7.48. The minimum Gasteiger partial charge on any atom is -0.481 e. The fourth-order valence-corrected chi connectivity index (χ4v) is 3.43. The molecule has 0 unspecified atom stereocenters. The normalized spacial score (nSPS) is 10.9. The number of aromatic nitrogens is 1. The van der Waals surface area contributed by atoms with Gasteiger partial charge in [-0.3, -0.25) is 0 Å². The van der Waals surface area contributed by atoms with E-state index in [-0.39, 0.29) is 11.3 Å². The zero-order valence-corrected chi connectivity index (χ0v) is 15.8. The van der Waals surface area contributed by atoms with Gasteiger partial charge in [-0.1, -0.05) is 11.6 Å². The third-order valence-electron chi connectivity index (χ3n) is 3.91. The summed E-state index contributed by atoms with van der Waals surface area (Å²) in [7, 11) is 0. The van der Waals surface area contributed by atoms with E-state index in [0.29, 0.717) is 26.1 Å². The van der Waals surface area contributed by atoms with Gasteiger partial charge in [0.1, 0.15) is 5.75 Å². The number of aliphatic carboxylic acids is 1. The fourth-order valence-electron chi connectivity index (χ4n) is 2.86. The number of hydrogen-bond donors (Lipinski definition) is 2.